The molecule has 0 aliphatic carbocycles. The molecule has 0 aromatic heterocycles. The third-order valence-electron chi connectivity index (χ3n) is 2.77. The van der Waals surface area contributed by atoms with Crippen LogP contribution in [0.4, 0.5) is 4.39 Å². The lowest BCUT2D eigenvalue weighted by molar-refractivity contribution is 0.627. The Balaban J connectivity index is 2.17. The van der Waals surface area contributed by atoms with Crippen LogP contribution in [0.25, 0.3) is 0 Å². The minimum atomic E-state index is -0.234. The summed E-state index contributed by atoms with van der Waals surface area (Å²) in [5, 5.41) is 0. The molecule has 2 aromatic rings. The molecule has 1 heteroatoms. The number of hydrogen-bond donors (Lipinski definition) is 0. The number of rotatable bonds is 1. The number of halogens is 1. The van der Waals surface area contributed by atoms with Gasteiger partial charge in [0.1, 0.15) is 5.82 Å². The van der Waals surface area contributed by atoms with Crippen molar-refractivity contribution in [3.05, 3.63) is 71.0 Å². The monoisotopic (exact) mass is 238 g/mol. The maximum atomic E-state index is 12.7. The summed E-state index contributed by atoms with van der Waals surface area (Å²) in [5.41, 5.74) is 3.11. The van der Waals surface area contributed by atoms with Gasteiger partial charge < -0.3 is 0 Å². The zero-order valence-electron chi connectivity index (χ0n) is 10.6. The van der Waals surface area contributed by atoms with E-state index in [2.05, 4.69) is 37.8 Å². The van der Waals surface area contributed by atoms with Crippen molar-refractivity contribution >= 4 is 0 Å². The first-order valence-corrected chi connectivity index (χ1v) is 6.03. The molecule has 2 aromatic carbocycles. The molecule has 0 heterocycles. The minimum Gasteiger partial charge on any atom is -0.207 e. The van der Waals surface area contributed by atoms with Crippen LogP contribution >= 0.6 is 0 Å². The molecule has 0 atom stereocenters. The second-order valence-corrected chi connectivity index (χ2v) is 4.53. The van der Waals surface area contributed by atoms with Crippen molar-refractivity contribution in [2.24, 2.45) is 0 Å². The predicted octanol–water partition coefficient (Wildman–Crippen LogP) is 4.35. The standard InChI is InChI=1S/C17H15F/c1-13(2)16-9-5-14(6-10-16)3-4-15-7-11-17(18)12-8-15/h5-13H,1-2H3. The molecule has 90 valence electrons. The van der Waals surface area contributed by atoms with Crippen LogP contribution in [0.1, 0.15) is 36.5 Å². The van der Waals surface area contributed by atoms with Crippen LogP contribution in [0.2, 0.25) is 0 Å². The Morgan fingerprint density at radius 3 is 1.67 bits per heavy atom. The second kappa shape index (κ2) is 5.51. The van der Waals surface area contributed by atoms with Crippen LogP contribution in [0, 0.1) is 17.7 Å². The van der Waals surface area contributed by atoms with E-state index in [1.54, 1.807) is 12.1 Å². The van der Waals surface area contributed by atoms with Crippen LogP contribution in [0.5, 0.6) is 0 Å². The van der Waals surface area contributed by atoms with E-state index in [4.69, 9.17) is 0 Å². The summed E-state index contributed by atoms with van der Waals surface area (Å²) in [6, 6.07) is 14.4. The third-order valence-corrected chi connectivity index (χ3v) is 2.77. The molecule has 0 unspecified atom stereocenters. The maximum absolute atomic E-state index is 12.7. The van der Waals surface area contributed by atoms with Crippen LogP contribution in [-0.2, 0) is 0 Å². The smallest absolute Gasteiger partial charge is 0.123 e. The molecular weight excluding hydrogens is 223 g/mol. The summed E-state index contributed by atoms with van der Waals surface area (Å²) < 4.78 is 12.7. The zero-order chi connectivity index (χ0) is 13.0. The fourth-order valence-electron chi connectivity index (χ4n) is 1.63. The van der Waals surface area contributed by atoms with Gasteiger partial charge in [0.15, 0.2) is 0 Å². The van der Waals surface area contributed by atoms with Gasteiger partial charge in [0.2, 0.25) is 0 Å². The molecule has 2 rings (SSSR count). The molecular formula is C17H15F. The Morgan fingerprint density at radius 2 is 1.22 bits per heavy atom. The summed E-state index contributed by atoms with van der Waals surface area (Å²) in [6.45, 7) is 4.33. The van der Waals surface area contributed by atoms with Crippen LogP contribution < -0.4 is 0 Å². The molecule has 0 aliphatic rings. The van der Waals surface area contributed by atoms with Gasteiger partial charge in [-0.2, -0.15) is 0 Å². The van der Waals surface area contributed by atoms with E-state index >= 15 is 0 Å². The summed E-state index contributed by atoms with van der Waals surface area (Å²) in [6.07, 6.45) is 0. The van der Waals surface area contributed by atoms with E-state index in [0.717, 1.165) is 11.1 Å². The fourth-order valence-corrected chi connectivity index (χ4v) is 1.63. The van der Waals surface area contributed by atoms with Crippen molar-refractivity contribution < 1.29 is 4.39 Å². The topological polar surface area (TPSA) is 0 Å². The molecule has 0 fully saturated rings. The lowest BCUT2D eigenvalue weighted by atomic mass is 10.0. The number of hydrogen-bond acceptors (Lipinski definition) is 0. The highest BCUT2D eigenvalue weighted by Gasteiger charge is 1.97. The van der Waals surface area contributed by atoms with Crippen LogP contribution in [-0.4, -0.2) is 0 Å². The van der Waals surface area contributed by atoms with E-state index in [-0.39, 0.29) is 5.82 Å². The molecule has 0 nitrogen and oxygen atoms in total. The van der Waals surface area contributed by atoms with Gasteiger partial charge in [-0.3, -0.25) is 0 Å². The van der Waals surface area contributed by atoms with Crippen molar-refractivity contribution in [1.82, 2.24) is 0 Å². The van der Waals surface area contributed by atoms with Crippen molar-refractivity contribution in [2.75, 3.05) is 0 Å². The van der Waals surface area contributed by atoms with Gasteiger partial charge >= 0.3 is 0 Å². The Hall–Kier alpha value is -2.07. The quantitative estimate of drug-likeness (QED) is 0.648. The second-order valence-electron chi connectivity index (χ2n) is 4.53. The van der Waals surface area contributed by atoms with Gasteiger partial charge in [0.25, 0.3) is 0 Å². The number of benzene rings is 2. The molecule has 0 saturated heterocycles. The van der Waals surface area contributed by atoms with Gasteiger partial charge in [-0.05, 0) is 47.9 Å². The van der Waals surface area contributed by atoms with Gasteiger partial charge in [0, 0.05) is 11.1 Å². The Labute approximate surface area is 107 Å². The molecule has 0 aliphatic heterocycles. The Morgan fingerprint density at radius 1 is 0.778 bits per heavy atom. The van der Waals surface area contributed by atoms with Gasteiger partial charge in [-0.1, -0.05) is 37.8 Å². The highest BCUT2D eigenvalue weighted by molar-refractivity contribution is 5.43. The van der Waals surface area contributed by atoms with Crippen LogP contribution in [0.3, 0.4) is 0 Å². The largest absolute Gasteiger partial charge is 0.207 e. The third kappa shape index (κ3) is 3.21. The molecule has 0 saturated carbocycles. The summed E-state index contributed by atoms with van der Waals surface area (Å²) >= 11 is 0. The first-order valence-electron chi connectivity index (χ1n) is 6.03. The van der Waals surface area contributed by atoms with Crippen LogP contribution in [0.15, 0.2) is 48.5 Å². The summed E-state index contributed by atoms with van der Waals surface area (Å²) in [5.74, 6) is 6.39. The van der Waals surface area contributed by atoms with Gasteiger partial charge in [-0.15, -0.1) is 0 Å². The Kier molecular flexibility index (Phi) is 3.79. The summed E-state index contributed by atoms with van der Waals surface area (Å²) in [4.78, 5) is 0. The van der Waals surface area contributed by atoms with Crippen molar-refractivity contribution in [3.8, 4) is 11.8 Å². The van der Waals surface area contributed by atoms with E-state index in [1.807, 2.05) is 12.1 Å². The molecule has 0 N–H and O–H groups in total. The lowest BCUT2D eigenvalue weighted by Gasteiger charge is -2.03. The molecule has 0 bridgehead atoms. The highest BCUT2D eigenvalue weighted by Crippen LogP contribution is 2.14. The normalized spacial score (nSPS) is 10.0. The average Bonchev–Trinajstić information content (AvgIpc) is 2.38. The van der Waals surface area contributed by atoms with Crippen molar-refractivity contribution in [2.45, 2.75) is 19.8 Å². The highest BCUT2D eigenvalue weighted by atomic mass is 19.1. The molecule has 0 radical (unpaired) electrons. The Bertz CT molecular complexity index is 566. The SMILES string of the molecule is CC(C)c1ccc(C#Cc2ccc(F)cc2)cc1. The molecule has 0 amide bonds. The van der Waals surface area contributed by atoms with Gasteiger partial charge in [0.05, 0.1) is 0 Å². The van der Waals surface area contributed by atoms with Crippen molar-refractivity contribution in [1.29, 1.82) is 0 Å². The first kappa shape index (κ1) is 12.4. The maximum Gasteiger partial charge on any atom is 0.123 e. The first-order chi connectivity index (χ1) is 8.65. The fraction of sp³-hybridized carbons (Fsp3) is 0.176. The predicted molar refractivity (Wildman–Crippen MR) is 72.9 cm³/mol. The lowest BCUT2D eigenvalue weighted by Crippen LogP contribution is -1.86. The zero-order valence-corrected chi connectivity index (χ0v) is 10.6. The van der Waals surface area contributed by atoms with E-state index < -0.39 is 0 Å². The summed E-state index contributed by atoms with van der Waals surface area (Å²) in [7, 11) is 0. The molecule has 18 heavy (non-hydrogen) atoms. The van der Waals surface area contributed by atoms with E-state index in [1.165, 1.54) is 17.7 Å². The minimum absolute atomic E-state index is 0.234. The van der Waals surface area contributed by atoms with Crippen molar-refractivity contribution in [3.63, 3.8) is 0 Å². The molecule has 0 spiro atoms. The van der Waals surface area contributed by atoms with E-state index in [9.17, 15) is 4.39 Å². The average molecular weight is 238 g/mol. The van der Waals surface area contributed by atoms with Gasteiger partial charge in [-0.25, -0.2) is 4.39 Å². The van der Waals surface area contributed by atoms with E-state index in [0.29, 0.717) is 5.92 Å².